The molecule has 3 aromatic carbocycles. The molecule has 7 nitrogen and oxygen atoms in total. The molecule has 0 aromatic heterocycles. The quantitative estimate of drug-likeness (QED) is 0.252. The number of nitrogens with one attached hydrogen (secondary N) is 1. The van der Waals surface area contributed by atoms with E-state index in [9.17, 15) is 19.8 Å². The van der Waals surface area contributed by atoms with Crippen molar-refractivity contribution in [3.8, 4) is 23.0 Å². The number of anilines is 1. The molecule has 3 N–H and O–H groups in total. The van der Waals surface area contributed by atoms with Gasteiger partial charge in [-0.3, -0.25) is 19.8 Å². The first-order chi connectivity index (χ1) is 14.9. The van der Waals surface area contributed by atoms with Crippen molar-refractivity contribution in [2.24, 2.45) is 0 Å². The Morgan fingerprint density at radius 1 is 0.903 bits per heavy atom. The van der Waals surface area contributed by atoms with Crippen molar-refractivity contribution in [2.75, 3.05) is 4.90 Å². The van der Waals surface area contributed by atoms with Crippen molar-refractivity contribution in [1.82, 2.24) is 5.32 Å². The summed E-state index contributed by atoms with van der Waals surface area (Å²) in [6.07, 6.45) is 1.20. The lowest BCUT2D eigenvalue weighted by molar-refractivity contribution is -0.122. The number of carbonyl (C=O) groups excluding carboxylic acids is 2. The highest BCUT2D eigenvalue weighted by Crippen LogP contribution is 2.29. The first-order valence-electron chi connectivity index (χ1n) is 9.19. The highest BCUT2D eigenvalue weighted by Gasteiger charge is 2.34. The first kappa shape index (κ1) is 20.1. The molecule has 0 saturated carbocycles. The Labute approximate surface area is 182 Å². The van der Waals surface area contributed by atoms with Crippen LogP contribution in [0.15, 0.2) is 78.4 Å². The molecule has 1 aliphatic heterocycles. The van der Waals surface area contributed by atoms with Crippen molar-refractivity contribution in [1.29, 1.82) is 0 Å². The van der Waals surface area contributed by atoms with Gasteiger partial charge in [-0.2, -0.15) is 0 Å². The Morgan fingerprint density at radius 3 is 2.29 bits per heavy atom. The molecule has 0 bridgehead atoms. The van der Waals surface area contributed by atoms with E-state index in [1.807, 2.05) is 30.3 Å². The molecule has 4 rings (SSSR count). The third-order valence-electron chi connectivity index (χ3n) is 4.49. The van der Waals surface area contributed by atoms with E-state index in [0.29, 0.717) is 17.2 Å². The van der Waals surface area contributed by atoms with Crippen molar-refractivity contribution in [3.63, 3.8) is 0 Å². The molecule has 0 atom stereocenters. The number of aromatic hydroxyl groups is 2. The molecular formula is C23H16N2O5S. The maximum Gasteiger partial charge on any atom is 0.270 e. The third kappa shape index (κ3) is 4.24. The fourth-order valence-electron chi connectivity index (χ4n) is 2.99. The molecule has 2 amide bonds. The summed E-state index contributed by atoms with van der Waals surface area (Å²) >= 11 is 5.19. The van der Waals surface area contributed by atoms with Crippen LogP contribution in [0.5, 0.6) is 23.0 Å². The van der Waals surface area contributed by atoms with Gasteiger partial charge in [0, 0.05) is 5.56 Å². The molecule has 1 saturated heterocycles. The summed E-state index contributed by atoms with van der Waals surface area (Å²) in [6.45, 7) is 0. The second kappa shape index (κ2) is 8.29. The largest absolute Gasteiger partial charge is 0.508 e. The Balaban J connectivity index is 1.62. The number of thiocarbonyl (C=S) groups is 1. The average Bonchev–Trinajstić information content (AvgIpc) is 2.75. The Hall–Kier alpha value is -4.17. The summed E-state index contributed by atoms with van der Waals surface area (Å²) in [5.74, 6) is -0.424. The average molecular weight is 432 g/mol. The van der Waals surface area contributed by atoms with Crippen LogP contribution in [0.2, 0.25) is 0 Å². The predicted molar refractivity (Wildman–Crippen MR) is 119 cm³/mol. The van der Waals surface area contributed by atoms with Crippen molar-refractivity contribution in [3.05, 3.63) is 83.9 Å². The minimum atomic E-state index is -0.696. The molecule has 8 heteroatoms. The Bertz CT molecular complexity index is 1210. The summed E-state index contributed by atoms with van der Waals surface area (Å²) in [5, 5.41) is 22.0. The molecule has 0 unspecified atom stereocenters. The molecule has 0 radical (unpaired) electrons. The van der Waals surface area contributed by atoms with Crippen LogP contribution in [0.1, 0.15) is 5.56 Å². The predicted octanol–water partition coefficient (Wildman–Crippen LogP) is 3.72. The van der Waals surface area contributed by atoms with E-state index in [1.165, 1.54) is 29.2 Å². The monoisotopic (exact) mass is 432 g/mol. The smallest absolute Gasteiger partial charge is 0.270 e. The third-order valence-corrected chi connectivity index (χ3v) is 4.77. The molecule has 31 heavy (non-hydrogen) atoms. The lowest BCUT2D eigenvalue weighted by Crippen LogP contribution is -2.54. The van der Waals surface area contributed by atoms with E-state index in [4.69, 9.17) is 17.0 Å². The van der Waals surface area contributed by atoms with E-state index in [-0.39, 0.29) is 27.7 Å². The lowest BCUT2D eigenvalue weighted by atomic mass is 10.1. The molecular weight excluding hydrogens is 416 g/mol. The molecule has 1 fully saturated rings. The van der Waals surface area contributed by atoms with Gasteiger partial charge in [-0.05, 0) is 72.9 Å². The van der Waals surface area contributed by atoms with Crippen LogP contribution in [-0.2, 0) is 9.59 Å². The van der Waals surface area contributed by atoms with Crippen LogP contribution in [0.3, 0.4) is 0 Å². The highest BCUT2D eigenvalue weighted by molar-refractivity contribution is 7.80. The zero-order valence-electron chi connectivity index (χ0n) is 16.0. The summed E-state index contributed by atoms with van der Waals surface area (Å²) < 4.78 is 5.75. The minimum Gasteiger partial charge on any atom is -0.508 e. The van der Waals surface area contributed by atoms with Crippen LogP contribution < -0.4 is 15.0 Å². The molecule has 1 heterocycles. The maximum absolute atomic E-state index is 13.1. The zero-order valence-corrected chi connectivity index (χ0v) is 16.8. The second-order valence-corrected chi connectivity index (χ2v) is 7.00. The summed E-state index contributed by atoms with van der Waals surface area (Å²) in [7, 11) is 0. The SMILES string of the molecule is O=C1NC(=S)N(c2ccc(Oc3ccccc3)cc2)C(=O)C1=Cc1cc(O)ccc1O. The summed E-state index contributed by atoms with van der Waals surface area (Å²) in [5.41, 5.74) is 0.318. The van der Waals surface area contributed by atoms with Crippen molar-refractivity contribution in [2.45, 2.75) is 0 Å². The number of phenolic OH excluding ortho intramolecular Hbond substituents is 2. The molecule has 1 aliphatic rings. The zero-order chi connectivity index (χ0) is 22.0. The van der Waals surface area contributed by atoms with E-state index in [2.05, 4.69) is 5.32 Å². The van der Waals surface area contributed by atoms with Gasteiger partial charge in [0.1, 0.15) is 28.6 Å². The number of rotatable bonds is 4. The van der Waals surface area contributed by atoms with Gasteiger partial charge in [0.2, 0.25) is 0 Å². The van der Waals surface area contributed by atoms with E-state index < -0.39 is 11.8 Å². The van der Waals surface area contributed by atoms with Crippen LogP contribution in [0.4, 0.5) is 5.69 Å². The minimum absolute atomic E-state index is 0.0657. The molecule has 154 valence electrons. The number of carbonyl (C=O) groups is 2. The highest BCUT2D eigenvalue weighted by atomic mass is 32.1. The normalized spacial score (nSPS) is 15.2. The standard InChI is InChI=1S/C23H16N2O5S/c26-16-8-11-20(27)14(12-16)13-19-21(28)24-23(31)25(22(19)29)15-6-9-18(10-7-15)30-17-4-2-1-3-5-17/h1-13,26-27H,(H,24,28,31). The summed E-state index contributed by atoms with van der Waals surface area (Å²) in [4.78, 5) is 26.6. The van der Waals surface area contributed by atoms with Gasteiger partial charge in [0.05, 0.1) is 5.69 Å². The van der Waals surface area contributed by atoms with Gasteiger partial charge >= 0.3 is 0 Å². The molecule has 0 spiro atoms. The van der Waals surface area contributed by atoms with Gasteiger partial charge in [0.25, 0.3) is 11.8 Å². The van der Waals surface area contributed by atoms with E-state index >= 15 is 0 Å². The first-order valence-corrected chi connectivity index (χ1v) is 9.59. The topological polar surface area (TPSA) is 99.1 Å². The number of amides is 2. The lowest BCUT2D eigenvalue weighted by Gasteiger charge is -2.29. The van der Waals surface area contributed by atoms with Crippen LogP contribution in [0.25, 0.3) is 6.08 Å². The van der Waals surface area contributed by atoms with Gasteiger partial charge in [-0.1, -0.05) is 18.2 Å². The number of para-hydroxylation sites is 1. The van der Waals surface area contributed by atoms with Gasteiger partial charge < -0.3 is 14.9 Å². The van der Waals surface area contributed by atoms with Gasteiger partial charge in [-0.25, -0.2) is 0 Å². The van der Waals surface area contributed by atoms with Crippen molar-refractivity contribution < 1.29 is 24.5 Å². The van der Waals surface area contributed by atoms with Crippen LogP contribution >= 0.6 is 12.2 Å². The number of hydrogen-bond acceptors (Lipinski definition) is 6. The van der Waals surface area contributed by atoms with E-state index in [0.717, 1.165) is 0 Å². The van der Waals surface area contributed by atoms with Crippen LogP contribution in [0, 0.1) is 0 Å². The molecule has 3 aromatic rings. The number of ether oxygens (including phenoxy) is 1. The Kier molecular flexibility index (Phi) is 5.38. The maximum atomic E-state index is 13.1. The number of nitrogens with zero attached hydrogens (tertiary/aromatic N) is 1. The van der Waals surface area contributed by atoms with Crippen LogP contribution in [-0.4, -0.2) is 27.1 Å². The number of benzene rings is 3. The van der Waals surface area contributed by atoms with Crippen molar-refractivity contribution >= 4 is 40.9 Å². The molecule has 0 aliphatic carbocycles. The fourth-order valence-corrected chi connectivity index (χ4v) is 3.27. The van der Waals surface area contributed by atoms with Gasteiger partial charge in [0.15, 0.2) is 5.11 Å². The fraction of sp³-hybridized carbons (Fsp3) is 0. The number of hydrogen-bond donors (Lipinski definition) is 3. The summed E-state index contributed by atoms with van der Waals surface area (Å²) in [6, 6.07) is 19.7. The van der Waals surface area contributed by atoms with E-state index in [1.54, 1.807) is 24.3 Å². The second-order valence-electron chi connectivity index (χ2n) is 6.61. The Morgan fingerprint density at radius 2 is 1.58 bits per heavy atom. The number of phenols is 2. The van der Waals surface area contributed by atoms with Gasteiger partial charge in [-0.15, -0.1) is 0 Å².